The Labute approximate surface area is 124 Å². The summed E-state index contributed by atoms with van der Waals surface area (Å²) in [5, 5.41) is 3.00. The van der Waals surface area contributed by atoms with Crippen LogP contribution >= 0.6 is 7.29 Å². The maximum Gasteiger partial charge on any atom is 0.199 e. The van der Waals surface area contributed by atoms with Crippen molar-refractivity contribution in [3.8, 4) is 0 Å². The van der Waals surface area contributed by atoms with Crippen molar-refractivity contribution in [1.29, 1.82) is 0 Å². The van der Waals surface area contributed by atoms with E-state index in [1.54, 1.807) is 48.5 Å². The number of ketones is 1. The molecular weight excluding hydrogens is 283 g/mol. The predicted octanol–water partition coefficient (Wildman–Crippen LogP) is 2.71. The normalized spacial score (nSPS) is 15.1. The van der Waals surface area contributed by atoms with Gasteiger partial charge in [0.25, 0.3) is 0 Å². The Morgan fingerprint density at radius 1 is 1.10 bits per heavy atom. The van der Waals surface area contributed by atoms with Crippen LogP contribution in [0.5, 0.6) is 0 Å². The highest BCUT2D eigenvalue weighted by Crippen LogP contribution is 2.47. The van der Waals surface area contributed by atoms with Crippen LogP contribution in [0.2, 0.25) is 0 Å². The molecule has 0 unspecified atom stereocenters. The zero-order valence-corrected chi connectivity index (χ0v) is 12.8. The van der Waals surface area contributed by atoms with E-state index >= 15 is 0 Å². The number of nitrogens with two attached hydrogens (primary N) is 1. The lowest BCUT2D eigenvalue weighted by Gasteiger charge is -2.25. The lowest BCUT2D eigenvalue weighted by molar-refractivity contribution is 0.0984. The number of nitrogens with one attached hydrogen (secondary N) is 1. The summed E-state index contributed by atoms with van der Waals surface area (Å²) in [6.07, 6.45) is 0.449. The molecule has 0 aliphatic heterocycles. The van der Waals surface area contributed by atoms with Gasteiger partial charge in [-0.1, -0.05) is 67.6 Å². The van der Waals surface area contributed by atoms with Crippen LogP contribution in [-0.4, -0.2) is 11.4 Å². The van der Waals surface area contributed by atoms with Crippen LogP contribution < -0.4 is 16.3 Å². The number of rotatable bonds is 6. The first-order valence-electron chi connectivity index (χ1n) is 6.86. The Balaban J connectivity index is 2.44. The van der Waals surface area contributed by atoms with Crippen LogP contribution in [0.1, 0.15) is 23.7 Å². The molecule has 0 bridgehead atoms. The van der Waals surface area contributed by atoms with Gasteiger partial charge in [0, 0.05) is 10.9 Å². The summed E-state index contributed by atoms with van der Waals surface area (Å²) < 4.78 is 13.3. The lowest BCUT2D eigenvalue weighted by Crippen LogP contribution is -2.36. The molecular formula is C16H19N2O2P. The van der Waals surface area contributed by atoms with Gasteiger partial charge in [-0.15, -0.1) is 0 Å². The summed E-state index contributed by atoms with van der Waals surface area (Å²) >= 11 is 0. The van der Waals surface area contributed by atoms with E-state index in [4.69, 9.17) is 5.84 Å². The molecule has 2 aromatic rings. The van der Waals surface area contributed by atoms with Gasteiger partial charge in [0.1, 0.15) is 0 Å². The van der Waals surface area contributed by atoms with Crippen molar-refractivity contribution in [2.24, 2.45) is 5.84 Å². The monoisotopic (exact) mass is 302 g/mol. The van der Waals surface area contributed by atoms with E-state index in [0.717, 1.165) is 0 Å². The molecule has 0 aromatic heterocycles. The van der Waals surface area contributed by atoms with E-state index in [1.165, 1.54) is 0 Å². The summed E-state index contributed by atoms with van der Waals surface area (Å²) in [6, 6.07) is 17.8. The van der Waals surface area contributed by atoms with Crippen LogP contribution in [0.3, 0.4) is 0 Å². The quantitative estimate of drug-likeness (QED) is 0.372. The third-order valence-corrected chi connectivity index (χ3v) is 6.44. The molecule has 0 saturated carbocycles. The molecule has 0 spiro atoms. The van der Waals surface area contributed by atoms with Crippen LogP contribution in [0, 0.1) is 0 Å². The molecule has 0 heterocycles. The molecule has 2 aromatic carbocycles. The number of hydrazine groups is 1. The van der Waals surface area contributed by atoms with Crippen molar-refractivity contribution >= 4 is 18.4 Å². The summed E-state index contributed by atoms with van der Waals surface area (Å²) in [4.78, 5) is 12.7. The van der Waals surface area contributed by atoms with E-state index in [1.807, 2.05) is 19.1 Å². The average Bonchev–Trinajstić information content (AvgIpc) is 2.56. The maximum absolute atomic E-state index is 13.3. The van der Waals surface area contributed by atoms with Crippen molar-refractivity contribution < 1.29 is 9.36 Å². The SMILES string of the molecule is CC[C@H](C(=O)c1ccccc1)[P@](=O)(NN)c1ccccc1. The smallest absolute Gasteiger partial charge is 0.199 e. The molecule has 2 atom stereocenters. The largest absolute Gasteiger partial charge is 0.300 e. The number of hydrogen-bond acceptors (Lipinski definition) is 3. The fourth-order valence-electron chi connectivity index (χ4n) is 2.40. The molecule has 0 aliphatic rings. The Kier molecular flexibility index (Phi) is 5.07. The van der Waals surface area contributed by atoms with Crippen molar-refractivity contribution in [2.45, 2.75) is 19.0 Å². The van der Waals surface area contributed by atoms with Gasteiger partial charge < -0.3 is 0 Å². The fraction of sp³-hybridized carbons (Fsp3) is 0.188. The van der Waals surface area contributed by atoms with E-state index < -0.39 is 13.0 Å². The Morgan fingerprint density at radius 2 is 1.62 bits per heavy atom. The molecule has 0 aliphatic carbocycles. The van der Waals surface area contributed by atoms with Crippen LogP contribution in [0.25, 0.3) is 0 Å². The minimum Gasteiger partial charge on any atom is -0.300 e. The van der Waals surface area contributed by atoms with Crippen LogP contribution in [-0.2, 0) is 4.57 Å². The van der Waals surface area contributed by atoms with Gasteiger partial charge in [-0.3, -0.25) is 15.2 Å². The summed E-state index contributed by atoms with van der Waals surface area (Å²) in [7, 11) is -3.21. The third kappa shape index (κ3) is 3.13. The Bertz CT molecular complexity index is 644. The van der Waals surface area contributed by atoms with Crippen molar-refractivity contribution in [3.05, 3.63) is 66.2 Å². The Hall–Kier alpha value is -1.74. The predicted molar refractivity (Wildman–Crippen MR) is 85.9 cm³/mol. The molecule has 110 valence electrons. The van der Waals surface area contributed by atoms with Gasteiger partial charge in [-0.25, -0.2) is 5.20 Å². The van der Waals surface area contributed by atoms with Gasteiger partial charge in [0.2, 0.25) is 0 Å². The Morgan fingerprint density at radius 3 is 2.10 bits per heavy atom. The number of hydrogen-bond donors (Lipinski definition) is 2. The molecule has 0 radical (unpaired) electrons. The van der Waals surface area contributed by atoms with Crippen molar-refractivity contribution in [2.75, 3.05) is 0 Å². The topological polar surface area (TPSA) is 72.2 Å². The zero-order chi connectivity index (χ0) is 15.3. The van der Waals surface area contributed by atoms with Crippen LogP contribution in [0.15, 0.2) is 60.7 Å². The molecule has 2 rings (SSSR count). The van der Waals surface area contributed by atoms with E-state index in [9.17, 15) is 9.36 Å². The molecule has 4 nitrogen and oxygen atoms in total. The van der Waals surface area contributed by atoms with Gasteiger partial charge in [-0.2, -0.15) is 0 Å². The molecule has 21 heavy (non-hydrogen) atoms. The summed E-state index contributed by atoms with van der Waals surface area (Å²) in [6.45, 7) is 1.85. The highest BCUT2D eigenvalue weighted by molar-refractivity contribution is 7.71. The standard InChI is InChI=1S/C16H19N2O2P/c1-2-15(16(19)13-9-5-3-6-10-13)21(20,18-17)14-11-7-4-8-12-14/h3-12,15H,2,17H2,1H3,(H,18,20)/t15-,21+/m1/s1. The average molecular weight is 302 g/mol. The molecule has 0 fully saturated rings. The molecule has 3 N–H and O–H groups in total. The number of benzene rings is 2. The van der Waals surface area contributed by atoms with E-state index in [0.29, 0.717) is 17.3 Å². The first-order valence-corrected chi connectivity index (χ1v) is 8.63. The van der Waals surface area contributed by atoms with Gasteiger partial charge >= 0.3 is 0 Å². The first-order chi connectivity index (χ1) is 10.1. The maximum atomic E-state index is 13.3. The number of carbonyl (C=O) groups is 1. The highest BCUT2D eigenvalue weighted by atomic mass is 31.2. The van der Waals surface area contributed by atoms with Crippen molar-refractivity contribution in [3.63, 3.8) is 0 Å². The van der Waals surface area contributed by atoms with E-state index in [-0.39, 0.29) is 5.78 Å². The number of Topliss-reactive ketones (excluding diaryl/α,β-unsaturated/α-hetero) is 1. The molecule has 0 saturated heterocycles. The lowest BCUT2D eigenvalue weighted by atomic mass is 10.1. The minimum atomic E-state index is -3.21. The highest BCUT2D eigenvalue weighted by Gasteiger charge is 2.38. The first kappa shape index (κ1) is 15.6. The van der Waals surface area contributed by atoms with Gasteiger partial charge in [0.15, 0.2) is 13.1 Å². The second-order valence-electron chi connectivity index (χ2n) is 4.78. The van der Waals surface area contributed by atoms with Crippen molar-refractivity contribution in [1.82, 2.24) is 5.20 Å². The summed E-state index contributed by atoms with van der Waals surface area (Å²) in [5.41, 5.74) is -0.122. The number of carbonyl (C=O) groups excluding carboxylic acids is 1. The van der Waals surface area contributed by atoms with Crippen LogP contribution in [0.4, 0.5) is 0 Å². The van der Waals surface area contributed by atoms with E-state index in [2.05, 4.69) is 5.20 Å². The minimum absolute atomic E-state index is 0.150. The third-order valence-electron chi connectivity index (χ3n) is 3.52. The van der Waals surface area contributed by atoms with Gasteiger partial charge in [0.05, 0.1) is 5.66 Å². The zero-order valence-electron chi connectivity index (χ0n) is 11.9. The second-order valence-corrected chi connectivity index (χ2v) is 7.49. The van der Waals surface area contributed by atoms with Gasteiger partial charge in [-0.05, 0) is 6.42 Å². The molecule has 0 amide bonds. The second kappa shape index (κ2) is 6.81. The summed E-state index contributed by atoms with van der Waals surface area (Å²) in [5.74, 6) is 5.42. The fourth-order valence-corrected chi connectivity index (χ4v) is 4.69. The molecule has 5 heteroatoms.